The van der Waals surface area contributed by atoms with Crippen LogP contribution in [0, 0.1) is 0 Å². The first kappa shape index (κ1) is 17.4. The van der Waals surface area contributed by atoms with Gasteiger partial charge in [0.25, 0.3) is 0 Å². The van der Waals surface area contributed by atoms with Crippen molar-refractivity contribution in [1.82, 2.24) is 24.7 Å². The summed E-state index contributed by atoms with van der Waals surface area (Å²) >= 11 is 0. The van der Waals surface area contributed by atoms with Crippen molar-refractivity contribution in [2.75, 3.05) is 46.3 Å². The lowest BCUT2D eigenvalue weighted by Crippen LogP contribution is -2.49. The summed E-state index contributed by atoms with van der Waals surface area (Å²) in [5.41, 5.74) is 2.33. The van der Waals surface area contributed by atoms with E-state index >= 15 is 0 Å². The predicted molar refractivity (Wildman–Crippen MR) is 100 cm³/mol. The van der Waals surface area contributed by atoms with Crippen LogP contribution in [0.5, 0.6) is 0 Å². The first-order chi connectivity index (χ1) is 11.6. The van der Waals surface area contributed by atoms with E-state index in [2.05, 4.69) is 65.0 Å². The maximum Gasteiger partial charge on any atom is 0.109 e. The van der Waals surface area contributed by atoms with E-state index in [4.69, 9.17) is 4.98 Å². The van der Waals surface area contributed by atoms with Crippen LogP contribution in [-0.2, 0) is 13.5 Å². The van der Waals surface area contributed by atoms with Gasteiger partial charge in [0.2, 0.25) is 0 Å². The smallest absolute Gasteiger partial charge is 0.109 e. The lowest BCUT2D eigenvalue weighted by molar-refractivity contribution is 0.144. The molecule has 5 heteroatoms. The molecule has 0 amide bonds. The topological polar surface area (TPSA) is 36.3 Å². The highest BCUT2D eigenvalue weighted by Crippen LogP contribution is 2.15. The van der Waals surface area contributed by atoms with Crippen LogP contribution < -0.4 is 5.32 Å². The Morgan fingerprint density at radius 2 is 1.88 bits per heavy atom. The summed E-state index contributed by atoms with van der Waals surface area (Å²) < 4.78 is 2.23. The maximum absolute atomic E-state index is 4.75. The molecule has 0 bridgehead atoms. The fraction of sp³-hybridized carbons (Fsp3) is 0.632. The van der Waals surface area contributed by atoms with Crippen LogP contribution in [0.25, 0.3) is 11.0 Å². The van der Waals surface area contributed by atoms with Crippen LogP contribution >= 0.6 is 0 Å². The number of hydrogen-bond acceptors (Lipinski definition) is 4. The maximum atomic E-state index is 4.75. The zero-order chi connectivity index (χ0) is 16.9. The van der Waals surface area contributed by atoms with Crippen molar-refractivity contribution in [2.45, 2.75) is 25.8 Å². The Labute approximate surface area is 145 Å². The van der Waals surface area contributed by atoms with Crippen LogP contribution in [0.15, 0.2) is 24.3 Å². The Bertz CT molecular complexity index is 642. The Hall–Kier alpha value is -1.43. The number of nitrogens with zero attached hydrogens (tertiary/aromatic N) is 4. The first-order valence-electron chi connectivity index (χ1n) is 9.18. The lowest BCUT2D eigenvalue weighted by atomic mass is 10.2. The Kier molecular flexibility index (Phi) is 5.87. The van der Waals surface area contributed by atoms with E-state index in [-0.39, 0.29) is 0 Å². The number of benzene rings is 1. The van der Waals surface area contributed by atoms with E-state index in [1.165, 1.54) is 37.5 Å². The molecule has 132 valence electrons. The standard InChI is InChI=1S/C19H31N5/c1-16(15-24-13-11-22(2)12-14-24)20-10-6-9-19-21-17-7-4-5-8-18(17)23(19)3/h4-5,7-8,16,20H,6,9-15H2,1-3H3/t16-/m0/s1. The van der Waals surface area contributed by atoms with Crippen molar-refractivity contribution in [1.29, 1.82) is 0 Å². The number of hydrogen-bond donors (Lipinski definition) is 1. The predicted octanol–water partition coefficient (Wildman–Crippen LogP) is 1.73. The van der Waals surface area contributed by atoms with Gasteiger partial charge in [-0.05, 0) is 39.1 Å². The molecule has 0 spiro atoms. The number of nitrogens with one attached hydrogen (secondary N) is 1. The summed E-state index contributed by atoms with van der Waals surface area (Å²) in [4.78, 5) is 9.73. The molecule has 1 N–H and O–H groups in total. The molecule has 1 atom stereocenters. The zero-order valence-electron chi connectivity index (χ0n) is 15.3. The minimum atomic E-state index is 0.550. The van der Waals surface area contributed by atoms with Gasteiger partial charge in [-0.2, -0.15) is 0 Å². The molecule has 1 saturated heterocycles. The highest BCUT2D eigenvalue weighted by atomic mass is 15.3. The third kappa shape index (κ3) is 4.35. The van der Waals surface area contributed by atoms with E-state index < -0.39 is 0 Å². The van der Waals surface area contributed by atoms with Crippen LogP contribution in [0.1, 0.15) is 19.2 Å². The molecule has 0 saturated carbocycles. The summed E-state index contributed by atoms with van der Waals surface area (Å²) in [5.74, 6) is 1.18. The molecule has 0 radical (unpaired) electrons. The fourth-order valence-electron chi connectivity index (χ4n) is 3.50. The van der Waals surface area contributed by atoms with Gasteiger partial charge >= 0.3 is 0 Å². The highest BCUT2D eigenvalue weighted by molar-refractivity contribution is 5.75. The second kappa shape index (κ2) is 8.10. The fourth-order valence-corrected chi connectivity index (χ4v) is 3.50. The van der Waals surface area contributed by atoms with Crippen LogP contribution in [0.2, 0.25) is 0 Å². The molecule has 1 aliphatic heterocycles. The monoisotopic (exact) mass is 329 g/mol. The van der Waals surface area contributed by atoms with Crippen molar-refractivity contribution in [2.24, 2.45) is 7.05 Å². The molecule has 1 aromatic heterocycles. The number of fused-ring (bicyclic) bond motifs is 1. The molecule has 24 heavy (non-hydrogen) atoms. The van der Waals surface area contributed by atoms with Gasteiger partial charge in [0.05, 0.1) is 11.0 Å². The molecule has 3 rings (SSSR count). The largest absolute Gasteiger partial charge is 0.331 e. The van der Waals surface area contributed by atoms with Gasteiger partial charge in [0.1, 0.15) is 5.82 Å². The van der Waals surface area contributed by atoms with Crippen molar-refractivity contribution in [3.63, 3.8) is 0 Å². The van der Waals surface area contributed by atoms with Crippen molar-refractivity contribution >= 4 is 11.0 Å². The number of likely N-dealkylation sites (N-methyl/N-ethyl adjacent to an activating group) is 1. The van der Waals surface area contributed by atoms with E-state index in [0.29, 0.717) is 6.04 Å². The molecule has 0 aliphatic carbocycles. The van der Waals surface area contributed by atoms with E-state index in [0.717, 1.165) is 31.4 Å². The number of piperazine rings is 1. The second-order valence-electron chi connectivity index (χ2n) is 7.14. The average Bonchev–Trinajstić information content (AvgIpc) is 2.90. The summed E-state index contributed by atoms with van der Waals surface area (Å²) in [6, 6.07) is 8.92. The average molecular weight is 329 g/mol. The number of imidazole rings is 1. The number of rotatable bonds is 7. The highest BCUT2D eigenvalue weighted by Gasteiger charge is 2.15. The third-order valence-electron chi connectivity index (χ3n) is 5.08. The third-order valence-corrected chi connectivity index (χ3v) is 5.08. The molecular weight excluding hydrogens is 298 g/mol. The van der Waals surface area contributed by atoms with Crippen molar-refractivity contribution in [3.05, 3.63) is 30.1 Å². The summed E-state index contributed by atoms with van der Waals surface area (Å²) in [7, 11) is 4.33. The van der Waals surface area contributed by atoms with Gasteiger partial charge < -0.3 is 14.8 Å². The van der Waals surface area contributed by atoms with Gasteiger partial charge in [-0.3, -0.25) is 4.90 Å². The van der Waals surface area contributed by atoms with Crippen LogP contribution in [0.3, 0.4) is 0 Å². The van der Waals surface area contributed by atoms with Crippen molar-refractivity contribution in [3.8, 4) is 0 Å². The van der Waals surface area contributed by atoms with Crippen LogP contribution in [-0.4, -0.2) is 71.7 Å². The van der Waals surface area contributed by atoms with Crippen LogP contribution in [0.4, 0.5) is 0 Å². The molecule has 1 aromatic carbocycles. The van der Waals surface area contributed by atoms with Gasteiger partial charge in [-0.25, -0.2) is 4.98 Å². The number of aryl methyl sites for hydroxylation is 2. The molecule has 1 aliphatic rings. The molecular formula is C19H31N5. The first-order valence-corrected chi connectivity index (χ1v) is 9.18. The zero-order valence-corrected chi connectivity index (χ0v) is 15.3. The minimum Gasteiger partial charge on any atom is -0.331 e. The summed E-state index contributed by atoms with van der Waals surface area (Å²) in [5, 5.41) is 3.67. The SMILES string of the molecule is C[C@@H](CN1CCN(C)CC1)NCCCc1nc2ccccc2n1C. The molecule has 0 unspecified atom stereocenters. The van der Waals surface area contributed by atoms with Gasteiger partial charge in [0.15, 0.2) is 0 Å². The van der Waals surface area contributed by atoms with E-state index in [9.17, 15) is 0 Å². The van der Waals surface area contributed by atoms with Gasteiger partial charge in [-0.15, -0.1) is 0 Å². The number of para-hydroxylation sites is 2. The number of aromatic nitrogens is 2. The summed E-state index contributed by atoms with van der Waals surface area (Å²) in [6.07, 6.45) is 2.16. The van der Waals surface area contributed by atoms with Gasteiger partial charge in [-0.1, -0.05) is 12.1 Å². The lowest BCUT2D eigenvalue weighted by Gasteiger charge is -2.34. The normalized spacial score (nSPS) is 18.3. The van der Waals surface area contributed by atoms with Crippen molar-refractivity contribution < 1.29 is 0 Å². The Balaban J connectivity index is 1.39. The van der Waals surface area contributed by atoms with E-state index in [1.54, 1.807) is 0 Å². The van der Waals surface area contributed by atoms with Gasteiger partial charge in [0, 0.05) is 52.2 Å². The second-order valence-corrected chi connectivity index (χ2v) is 7.14. The van der Waals surface area contributed by atoms with E-state index in [1.807, 2.05) is 0 Å². The molecule has 2 heterocycles. The molecule has 1 fully saturated rings. The molecule has 5 nitrogen and oxygen atoms in total. The minimum absolute atomic E-state index is 0.550. The quantitative estimate of drug-likeness (QED) is 0.785. The molecule has 2 aromatic rings. The Morgan fingerprint density at radius 3 is 2.62 bits per heavy atom. The Morgan fingerprint density at radius 1 is 1.12 bits per heavy atom. The summed E-state index contributed by atoms with van der Waals surface area (Å²) in [6.45, 7) is 9.29.